The maximum atomic E-state index is 12.1. The van der Waals surface area contributed by atoms with Gasteiger partial charge in [0.15, 0.2) is 0 Å². The van der Waals surface area contributed by atoms with E-state index in [2.05, 4.69) is 9.71 Å². The van der Waals surface area contributed by atoms with Crippen molar-refractivity contribution >= 4 is 10.2 Å². The molecule has 6 heteroatoms. The van der Waals surface area contributed by atoms with Gasteiger partial charge in [0, 0.05) is 32.0 Å². The molecule has 5 nitrogen and oxygen atoms in total. The normalized spacial score (nSPS) is 18.4. The molecule has 0 unspecified atom stereocenters. The van der Waals surface area contributed by atoms with Crippen LogP contribution in [0.3, 0.4) is 0 Å². The Morgan fingerprint density at radius 3 is 2.56 bits per heavy atom. The maximum absolute atomic E-state index is 12.1. The number of hydrogen-bond donors (Lipinski definition) is 1. The van der Waals surface area contributed by atoms with Gasteiger partial charge >= 0.3 is 0 Å². The van der Waals surface area contributed by atoms with Gasteiger partial charge in [0.1, 0.15) is 0 Å². The van der Waals surface area contributed by atoms with E-state index in [1.54, 1.807) is 22.8 Å². The van der Waals surface area contributed by atoms with E-state index < -0.39 is 10.2 Å². The van der Waals surface area contributed by atoms with E-state index in [1.165, 1.54) is 0 Å². The van der Waals surface area contributed by atoms with Crippen LogP contribution in [0.1, 0.15) is 31.2 Å². The maximum Gasteiger partial charge on any atom is 0.279 e. The monoisotopic (exact) mass is 269 g/mol. The van der Waals surface area contributed by atoms with Gasteiger partial charge < -0.3 is 0 Å². The van der Waals surface area contributed by atoms with E-state index in [0.29, 0.717) is 19.6 Å². The summed E-state index contributed by atoms with van der Waals surface area (Å²) in [4.78, 5) is 3.96. The van der Waals surface area contributed by atoms with Gasteiger partial charge in [-0.25, -0.2) is 0 Å². The third kappa shape index (κ3) is 3.76. The zero-order chi connectivity index (χ0) is 12.8. The molecule has 0 atom stereocenters. The van der Waals surface area contributed by atoms with Crippen molar-refractivity contribution < 1.29 is 8.42 Å². The molecule has 2 heterocycles. The number of aromatic nitrogens is 1. The number of hydrogen-bond acceptors (Lipinski definition) is 3. The molecule has 0 radical (unpaired) electrons. The lowest BCUT2D eigenvalue weighted by Gasteiger charge is -2.20. The van der Waals surface area contributed by atoms with Crippen LogP contribution in [-0.2, 0) is 16.8 Å². The zero-order valence-electron chi connectivity index (χ0n) is 10.4. The van der Waals surface area contributed by atoms with Crippen molar-refractivity contribution in [2.75, 3.05) is 13.1 Å². The molecule has 1 aliphatic heterocycles. The first kappa shape index (κ1) is 13.5. The summed E-state index contributed by atoms with van der Waals surface area (Å²) < 4.78 is 28.4. The molecule has 1 N–H and O–H groups in total. The Hall–Kier alpha value is -0.980. The molecule has 0 aromatic carbocycles. The van der Waals surface area contributed by atoms with Crippen molar-refractivity contribution in [3.8, 4) is 0 Å². The average molecular weight is 269 g/mol. The Bertz CT molecular complexity index is 453. The molecular formula is C12H19N3O2S. The standard InChI is InChI=1S/C12H19N3O2S/c16-18(17,15-8-3-1-2-4-9-15)14-11-12-6-5-7-13-10-12/h5-7,10,14H,1-4,8-9,11H2. The Kier molecular flexibility index (Phi) is 4.68. The second-order valence-corrected chi connectivity index (χ2v) is 6.26. The largest absolute Gasteiger partial charge is 0.279 e. The fraction of sp³-hybridized carbons (Fsp3) is 0.583. The van der Waals surface area contributed by atoms with Crippen LogP contribution in [0.5, 0.6) is 0 Å². The van der Waals surface area contributed by atoms with Gasteiger partial charge in [0.2, 0.25) is 0 Å². The molecule has 1 aromatic rings. The molecule has 100 valence electrons. The molecule has 0 amide bonds. The molecule has 2 rings (SSSR count). The highest BCUT2D eigenvalue weighted by Crippen LogP contribution is 2.12. The molecule has 1 saturated heterocycles. The van der Waals surface area contributed by atoms with Crippen molar-refractivity contribution in [2.24, 2.45) is 0 Å². The van der Waals surface area contributed by atoms with Gasteiger partial charge in [-0.1, -0.05) is 18.9 Å². The minimum Gasteiger partial charge on any atom is -0.264 e. The molecule has 1 fully saturated rings. The van der Waals surface area contributed by atoms with Crippen LogP contribution in [0.2, 0.25) is 0 Å². The van der Waals surface area contributed by atoms with Gasteiger partial charge in [-0.15, -0.1) is 0 Å². The van der Waals surface area contributed by atoms with E-state index in [0.717, 1.165) is 31.2 Å². The molecule has 18 heavy (non-hydrogen) atoms. The van der Waals surface area contributed by atoms with E-state index in [9.17, 15) is 8.42 Å². The first-order chi connectivity index (χ1) is 8.68. The number of pyridine rings is 1. The SMILES string of the molecule is O=S(=O)(NCc1cccnc1)N1CCCCCC1. The van der Waals surface area contributed by atoms with Crippen LogP contribution in [-0.4, -0.2) is 30.8 Å². The molecule has 0 spiro atoms. The lowest BCUT2D eigenvalue weighted by Crippen LogP contribution is -2.40. The molecular weight excluding hydrogens is 250 g/mol. The summed E-state index contributed by atoms with van der Waals surface area (Å²) in [5, 5.41) is 0. The highest BCUT2D eigenvalue weighted by Gasteiger charge is 2.22. The minimum absolute atomic E-state index is 0.298. The first-order valence-corrected chi connectivity index (χ1v) is 7.76. The predicted octanol–water partition coefficient (Wildman–Crippen LogP) is 1.29. The third-order valence-corrected chi connectivity index (χ3v) is 4.64. The fourth-order valence-electron chi connectivity index (χ4n) is 2.05. The second kappa shape index (κ2) is 6.26. The number of nitrogens with one attached hydrogen (secondary N) is 1. The summed E-state index contributed by atoms with van der Waals surface area (Å²) in [5.74, 6) is 0. The van der Waals surface area contributed by atoms with E-state index >= 15 is 0 Å². The minimum atomic E-state index is -3.35. The number of nitrogens with zero attached hydrogens (tertiary/aromatic N) is 2. The van der Waals surface area contributed by atoms with Crippen LogP contribution in [0.15, 0.2) is 24.5 Å². The van der Waals surface area contributed by atoms with E-state index in [1.807, 2.05) is 6.07 Å². The lowest BCUT2D eigenvalue weighted by atomic mass is 10.2. The van der Waals surface area contributed by atoms with Crippen molar-refractivity contribution in [1.29, 1.82) is 0 Å². The van der Waals surface area contributed by atoms with Gasteiger partial charge in [0.05, 0.1) is 0 Å². The summed E-state index contributed by atoms with van der Waals surface area (Å²) in [6, 6.07) is 3.66. The first-order valence-electron chi connectivity index (χ1n) is 6.32. The van der Waals surface area contributed by atoms with Crippen molar-refractivity contribution in [3.05, 3.63) is 30.1 Å². The van der Waals surface area contributed by atoms with Crippen LogP contribution < -0.4 is 4.72 Å². The Labute approximate surface area is 108 Å². The van der Waals surface area contributed by atoms with Gasteiger partial charge in [-0.2, -0.15) is 17.4 Å². The lowest BCUT2D eigenvalue weighted by molar-refractivity contribution is 0.414. The number of rotatable bonds is 4. The highest BCUT2D eigenvalue weighted by atomic mass is 32.2. The van der Waals surface area contributed by atoms with Gasteiger partial charge in [-0.05, 0) is 24.5 Å². The molecule has 1 aliphatic rings. The summed E-state index contributed by atoms with van der Waals surface area (Å²) >= 11 is 0. The van der Waals surface area contributed by atoms with Gasteiger partial charge in [-0.3, -0.25) is 4.98 Å². The summed E-state index contributed by atoms with van der Waals surface area (Å²) in [6.45, 7) is 1.55. The van der Waals surface area contributed by atoms with Crippen molar-refractivity contribution in [1.82, 2.24) is 14.0 Å². The summed E-state index contributed by atoms with van der Waals surface area (Å²) in [5.41, 5.74) is 0.871. The average Bonchev–Trinajstić information content (AvgIpc) is 2.67. The van der Waals surface area contributed by atoms with Crippen LogP contribution >= 0.6 is 0 Å². The highest BCUT2D eigenvalue weighted by molar-refractivity contribution is 7.87. The van der Waals surface area contributed by atoms with Gasteiger partial charge in [0.25, 0.3) is 10.2 Å². The Balaban J connectivity index is 1.94. The topological polar surface area (TPSA) is 62.3 Å². The molecule has 0 aliphatic carbocycles. The van der Waals surface area contributed by atoms with Crippen LogP contribution in [0.25, 0.3) is 0 Å². The van der Waals surface area contributed by atoms with Crippen LogP contribution in [0, 0.1) is 0 Å². The van der Waals surface area contributed by atoms with E-state index in [4.69, 9.17) is 0 Å². The summed E-state index contributed by atoms with van der Waals surface area (Å²) in [7, 11) is -3.35. The van der Waals surface area contributed by atoms with Crippen molar-refractivity contribution in [2.45, 2.75) is 32.2 Å². The quantitative estimate of drug-likeness (QED) is 0.896. The Morgan fingerprint density at radius 2 is 1.94 bits per heavy atom. The Morgan fingerprint density at radius 1 is 1.22 bits per heavy atom. The van der Waals surface area contributed by atoms with Crippen LogP contribution in [0.4, 0.5) is 0 Å². The fourth-order valence-corrected chi connectivity index (χ4v) is 3.32. The third-order valence-electron chi connectivity index (χ3n) is 3.09. The molecule has 1 aromatic heterocycles. The van der Waals surface area contributed by atoms with Crippen molar-refractivity contribution in [3.63, 3.8) is 0 Å². The zero-order valence-corrected chi connectivity index (χ0v) is 11.2. The predicted molar refractivity (Wildman–Crippen MR) is 70.0 cm³/mol. The second-order valence-electron chi connectivity index (χ2n) is 4.50. The van der Waals surface area contributed by atoms with E-state index in [-0.39, 0.29) is 0 Å². The summed E-state index contributed by atoms with van der Waals surface area (Å²) in [6.07, 6.45) is 7.49. The smallest absolute Gasteiger partial charge is 0.264 e. The molecule has 0 bridgehead atoms. The molecule has 0 saturated carbocycles.